The Hall–Kier alpha value is -1.26. The summed E-state index contributed by atoms with van der Waals surface area (Å²) in [5.74, 6) is 2.85. The number of thiazole rings is 1. The lowest BCUT2D eigenvalue weighted by Gasteiger charge is -2.38. The van der Waals surface area contributed by atoms with Gasteiger partial charge in [-0.05, 0) is 42.6 Å². The zero-order valence-corrected chi connectivity index (χ0v) is 14.4. The van der Waals surface area contributed by atoms with Crippen LogP contribution in [0.4, 0.5) is 0 Å². The minimum atomic E-state index is 0.105. The van der Waals surface area contributed by atoms with E-state index in [1.807, 2.05) is 11.8 Å². The number of hydrogen-bond donors (Lipinski definition) is 1. The molecule has 1 aromatic carbocycles. The summed E-state index contributed by atoms with van der Waals surface area (Å²) in [5.41, 5.74) is 1.25. The van der Waals surface area contributed by atoms with Crippen LogP contribution in [0, 0.1) is 17.8 Å². The maximum absolute atomic E-state index is 11.9. The van der Waals surface area contributed by atoms with E-state index >= 15 is 0 Å². The van der Waals surface area contributed by atoms with Crippen LogP contribution >= 0.6 is 23.1 Å². The van der Waals surface area contributed by atoms with Gasteiger partial charge < -0.3 is 4.98 Å². The third-order valence-electron chi connectivity index (χ3n) is 5.81. The first-order valence-electron chi connectivity index (χ1n) is 8.42. The van der Waals surface area contributed by atoms with Gasteiger partial charge in [-0.25, -0.2) is 0 Å². The molecule has 1 aliphatic heterocycles. The number of thioether (sulfide) groups is 1. The maximum Gasteiger partial charge on any atom is 0.305 e. The Morgan fingerprint density at radius 1 is 1.13 bits per heavy atom. The Labute approximate surface area is 144 Å². The highest BCUT2D eigenvalue weighted by Crippen LogP contribution is 2.62. The SMILES string of the molecule is O=c1[nH]c2c(s1)[C@H](/C=C/c1ccccc1)[C@H]1C3CCC(C3)[C@H]1S2. The van der Waals surface area contributed by atoms with Crippen LogP contribution < -0.4 is 4.87 Å². The van der Waals surface area contributed by atoms with E-state index in [1.54, 1.807) is 0 Å². The quantitative estimate of drug-likeness (QED) is 0.855. The normalized spacial score (nSPS) is 34.7. The topological polar surface area (TPSA) is 32.9 Å². The molecule has 1 N–H and O–H groups in total. The Balaban J connectivity index is 1.56. The second-order valence-corrected chi connectivity index (χ2v) is 9.20. The van der Waals surface area contributed by atoms with Crippen LogP contribution in [-0.2, 0) is 0 Å². The fraction of sp³-hybridized carbons (Fsp3) is 0.421. The number of aromatic nitrogens is 1. The minimum Gasteiger partial charge on any atom is -0.307 e. The lowest BCUT2D eigenvalue weighted by Crippen LogP contribution is -2.32. The van der Waals surface area contributed by atoms with E-state index < -0.39 is 0 Å². The fourth-order valence-corrected chi connectivity index (χ4v) is 7.76. The molecule has 3 aliphatic rings. The number of benzene rings is 1. The molecule has 23 heavy (non-hydrogen) atoms. The van der Waals surface area contributed by atoms with Crippen LogP contribution in [0.5, 0.6) is 0 Å². The van der Waals surface area contributed by atoms with Crippen LogP contribution in [0.15, 0.2) is 46.2 Å². The van der Waals surface area contributed by atoms with Crippen LogP contribution in [0.25, 0.3) is 6.08 Å². The van der Waals surface area contributed by atoms with E-state index in [-0.39, 0.29) is 4.87 Å². The maximum atomic E-state index is 11.9. The first-order valence-corrected chi connectivity index (χ1v) is 10.1. The molecular weight excluding hydrogens is 322 g/mol. The molecule has 2 heterocycles. The number of fused-ring (bicyclic) bond motifs is 6. The number of rotatable bonds is 2. The van der Waals surface area contributed by atoms with E-state index in [2.05, 4.69) is 47.5 Å². The summed E-state index contributed by atoms with van der Waals surface area (Å²) in [5, 5.41) is 1.86. The van der Waals surface area contributed by atoms with Crippen LogP contribution in [0.1, 0.15) is 35.6 Å². The first kappa shape index (κ1) is 14.1. The highest BCUT2D eigenvalue weighted by molar-refractivity contribution is 8.00. The van der Waals surface area contributed by atoms with Gasteiger partial charge in [0.1, 0.15) is 0 Å². The summed E-state index contributed by atoms with van der Waals surface area (Å²) in [4.78, 5) is 16.4. The van der Waals surface area contributed by atoms with Crippen LogP contribution in [0.2, 0.25) is 0 Å². The molecule has 0 saturated heterocycles. The van der Waals surface area contributed by atoms with Crippen molar-refractivity contribution in [3.05, 3.63) is 56.5 Å². The summed E-state index contributed by atoms with van der Waals surface area (Å²) in [6, 6.07) is 10.5. The van der Waals surface area contributed by atoms with E-state index in [4.69, 9.17) is 0 Å². The van der Waals surface area contributed by atoms with E-state index in [0.717, 1.165) is 22.8 Å². The van der Waals surface area contributed by atoms with Gasteiger partial charge in [-0.1, -0.05) is 53.8 Å². The first-order chi connectivity index (χ1) is 11.3. The predicted octanol–water partition coefficient (Wildman–Crippen LogP) is 4.75. The monoisotopic (exact) mass is 341 g/mol. The Bertz CT molecular complexity index is 806. The lowest BCUT2D eigenvalue weighted by atomic mass is 9.77. The number of hydrogen-bond acceptors (Lipinski definition) is 3. The molecular formula is C19H19NOS2. The predicted molar refractivity (Wildman–Crippen MR) is 97.1 cm³/mol. The molecule has 2 bridgehead atoms. The standard InChI is InChI=1S/C19H19NOS2/c21-19-20-18-17(23-19)14(9-6-11-4-2-1-3-5-11)15-12-7-8-13(10-12)16(15)22-18/h1-6,9,12-16H,7-8,10H2,(H,20,21)/b9-6+/t12?,13?,14-,15-,16-/m1/s1. The molecule has 2 unspecified atom stereocenters. The van der Waals surface area contributed by atoms with E-state index in [1.165, 1.54) is 41.0 Å². The number of nitrogens with one attached hydrogen (secondary N) is 1. The molecule has 2 fully saturated rings. The highest BCUT2D eigenvalue weighted by Gasteiger charge is 2.53. The summed E-state index contributed by atoms with van der Waals surface area (Å²) in [6.45, 7) is 0. The van der Waals surface area contributed by atoms with Gasteiger partial charge in [0.05, 0.1) is 5.03 Å². The summed E-state index contributed by atoms with van der Waals surface area (Å²) in [6.07, 6.45) is 8.79. The van der Waals surface area contributed by atoms with Gasteiger partial charge in [0.25, 0.3) is 0 Å². The van der Waals surface area contributed by atoms with Gasteiger partial charge in [-0.3, -0.25) is 4.79 Å². The van der Waals surface area contributed by atoms with Crippen molar-refractivity contribution < 1.29 is 0 Å². The molecule has 118 valence electrons. The van der Waals surface area contributed by atoms with Crippen molar-refractivity contribution in [3.8, 4) is 0 Å². The molecule has 4 heteroatoms. The molecule has 5 rings (SSSR count). The summed E-state index contributed by atoms with van der Waals surface area (Å²) in [7, 11) is 0. The third-order valence-corrected chi connectivity index (χ3v) is 8.45. The second kappa shape index (κ2) is 5.38. The number of aromatic amines is 1. The third kappa shape index (κ3) is 2.26. The smallest absolute Gasteiger partial charge is 0.305 e. The molecule has 5 atom stereocenters. The Morgan fingerprint density at radius 3 is 2.83 bits per heavy atom. The van der Waals surface area contributed by atoms with Gasteiger partial charge >= 0.3 is 4.87 Å². The molecule has 0 amide bonds. The van der Waals surface area contributed by atoms with Gasteiger partial charge in [-0.2, -0.15) is 0 Å². The summed E-state index contributed by atoms with van der Waals surface area (Å²) < 4.78 is 0. The molecule has 2 nitrogen and oxygen atoms in total. The summed E-state index contributed by atoms with van der Waals surface area (Å²) >= 11 is 3.38. The zero-order chi connectivity index (χ0) is 15.4. The van der Waals surface area contributed by atoms with Crippen molar-refractivity contribution in [1.29, 1.82) is 0 Å². The Morgan fingerprint density at radius 2 is 1.96 bits per heavy atom. The number of H-pyrrole nitrogens is 1. The lowest BCUT2D eigenvalue weighted by molar-refractivity contribution is 0.312. The van der Waals surface area contributed by atoms with Crippen molar-refractivity contribution in [2.24, 2.45) is 17.8 Å². The van der Waals surface area contributed by atoms with Crippen molar-refractivity contribution in [2.75, 3.05) is 0 Å². The zero-order valence-electron chi connectivity index (χ0n) is 12.8. The van der Waals surface area contributed by atoms with Crippen molar-refractivity contribution in [2.45, 2.75) is 35.5 Å². The molecule has 2 aliphatic carbocycles. The van der Waals surface area contributed by atoms with Crippen molar-refractivity contribution >= 4 is 29.2 Å². The van der Waals surface area contributed by atoms with Gasteiger partial charge in [0.15, 0.2) is 0 Å². The molecule has 0 radical (unpaired) electrons. The van der Waals surface area contributed by atoms with Crippen LogP contribution in [-0.4, -0.2) is 10.2 Å². The average Bonchev–Trinajstić information content (AvgIpc) is 3.26. The Kier molecular flexibility index (Phi) is 3.30. The van der Waals surface area contributed by atoms with E-state index in [9.17, 15) is 4.79 Å². The van der Waals surface area contributed by atoms with Gasteiger partial charge in [0, 0.05) is 16.0 Å². The molecule has 0 spiro atoms. The average molecular weight is 342 g/mol. The number of allylic oxidation sites excluding steroid dienone is 1. The molecule has 2 aromatic rings. The van der Waals surface area contributed by atoms with Crippen molar-refractivity contribution in [1.82, 2.24) is 4.98 Å². The van der Waals surface area contributed by atoms with Crippen molar-refractivity contribution in [3.63, 3.8) is 0 Å². The second-order valence-electron chi connectivity index (χ2n) is 7.00. The minimum absolute atomic E-state index is 0.105. The molecule has 2 saturated carbocycles. The molecule has 1 aromatic heterocycles. The largest absolute Gasteiger partial charge is 0.307 e. The highest BCUT2D eigenvalue weighted by atomic mass is 32.2. The van der Waals surface area contributed by atoms with Crippen LogP contribution in [0.3, 0.4) is 0 Å². The van der Waals surface area contributed by atoms with Gasteiger partial charge in [-0.15, -0.1) is 11.8 Å². The van der Waals surface area contributed by atoms with Gasteiger partial charge in [0.2, 0.25) is 0 Å². The fourth-order valence-electron chi connectivity index (χ4n) is 4.89. The van der Waals surface area contributed by atoms with E-state index in [0.29, 0.717) is 11.2 Å².